The Bertz CT molecular complexity index is 520. The highest BCUT2D eigenvalue weighted by Crippen LogP contribution is 2.13. The zero-order valence-electron chi connectivity index (χ0n) is 10.1. The summed E-state index contributed by atoms with van der Waals surface area (Å²) < 4.78 is 0. The van der Waals surface area contributed by atoms with Gasteiger partial charge in [0.2, 0.25) is 5.96 Å². The molecule has 0 aliphatic carbocycles. The van der Waals surface area contributed by atoms with E-state index in [1.807, 2.05) is 61.5 Å². The lowest BCUT2D eigenvalue weighted by Crippen LogP contribution is -2.27. The van der Waals surface area contributed by atoms with Crippen LogP contribution in [0.4, 0.5) is 11.4 Å². The number of hydrogen-bond acceptors (Lipinski definition) is 2. The fourth-order valence-electron chi connectivity index (χ4n) is 1.49. The molecule has 0 spiro atoms. The van der Waals surface area contributed by atoms with Crippen LogP contribution in [0, 0.1) is 6.92 Å². The molecule has 3 N–H and O–H groups in total. The second-order valence-corrected chi connectivity index (χ2v) is 3.90. The van der Waals surface area contributed by atoms with E-state index in [1.54, 1.807) is 0 Å². The molecule has 2 aromatic rings. The summed E-state index contributed by atoms with van der Waals surface area (Å²) in [5.74, 6) is 0.282. The molecule has 4 heteroatoms. The molecule has 0 aromatic heterocycles. The standard InChI is InChI=1S/C14H15N3O/c1-11-7-9-13(10-8-11)16-14(17-18)15-12-5-3-2-4-6-12/h2-10,18H,1H3,(H2,15,16,17). The molecule has 0 atom stereocenters. The molecule has 0 amide bonds. The van der Waals surface area contributed by atoms with Crippen molar-refractivity contribution >= 4 is 17.3 Å². The Kier molecular flexibility index (Phi) is 3.94. The van der Waals surface area contributed by atoms with Crippen molar-refractivity contribution in [3.8, 4) is 0 Å². The van der Waals surface area contributed by atoms with Crippen LogP contribution >= 0.6 is 0 Å². The summed E-state index contributed by atoms with van der Waals surface area (Å²) in [7, 11) is 0. The molecule has 2 aromatic carbocycles. The molecule has 0 radical (unpaired) electrons. The molecule has 2 rings (SSSR count). The van der Waals surface area contributed by atoms with Gasteiger partial charge in [0.15, 0.2) is 0 Å². The van der Waals surface area contributed by atoms with Gasteiger partial charge in [-0.2, -0.15) is 0 Å². The van der Waals surface area contributed by atoms with E-state index in [9.17, 15) is 0 Å². The van der Waals surface area contributed by atoms with Crippen LogP contribution in [0.25, 0.3) is 0 Å². The van der Waals surface area contributed by atoms with E-state index >= 15 is 0 Å². The van der Waals surface area contributed by atoms with E-state index in [0.29, 0.717) is 0 Å². The molecule has 0 saturated heterocycles. The van der Waals surface area contributed by atoms with Gasteiger partial charge in [0.25, 0.3) is 0 Å². The number of guanidine groups is 1. The normalized spacial score (nSPS) is 11.1. The monoisotopic (exact) mass is 241 g/mol. The number of anilines is 1. The third kappa shape index (κ3) is 3.33. The van der Waals surface area contributed by atoms with Crippen LogP contribution in [0.5, 0.6) is 0 Å². The topological polar surface area (TPSA) is 56.7 Å². The van der Waals surface area contributed by atoms with E-state index in [0.717, 1.165) is 11.4 Å². The average molecular weight is 241 g/mol. The van der Waals surface area contributed by atoms with Gasteiger partial charge in [-0.1, -0.05) is 35.9 Å². The molecule has 18 heavy (non-hydrogen) atoms. The molecular formula is C14H15N3O. The molecule has 92 valence electrons. The Morgan fingerprint density at radius 2 is 1.67 bits per heavy atom. The average Bonchev–Trinajstić information content (AvgIpc) is 2.41. The zero-order chi connectivity index (χ0) is 12.8. The fraction of sp³-hybridized carbons (Fsp3) is 0.0714. The van der Waals surface area contributed by atoms with Crippen LogP contribution in [-0.4, -0.2) is 11.2 Å². The van der Waals surface area contributed by atoms with Crippen molar-refractivity contribution in [1.82, 2.24) is 5.48 Å². The van der Waals surface area contributed by atoms with Crippen molar-refractivity contribution < 1.29 is 5.21 Å². The van der Waals surface area contributed by atoms with Gasteiger partial charge >= 0.3 is 0 Å². The highest BCUT2D eigenvalue weighted by atomic mass is 16.5. The Morgan fingerprint density at radius 3 is 2.28 bits per heavy atom. The van der Waals surface area contributed by atoms with Gasteiger partial charge in [-0.15, -0.1) is 0 Å². The molecular weight excluding hydrogens is 226 g/mol. The van der Waals surface area contributed by atoms with Crippen LogP contribution in [0.15, 0.2) is 59.6 Å². The van der Waals surface area contributed by atoms with Crippen LogP contribution < -0.4 is 10.8 Å². The maximum absolute atomic E-state index is 9.06. The van der Waals surface area contributed by atoms with Gasteiger partial charge in [-0.25, -0.2) is 10.5 Å². The minimum atomic E-state index is 0.282. The number of nitrogens with zero attached hydrogens (tertiary/aromatic N) is 1. The molecule has 0 aliphatic rings. The second-order valence-electron chi connectivity index (χ2n) is 3.90. The van der Waals surface area contributed by atoms with Crippen molar-refractivity contribution in [1.29, 1.82) is 0 Å². The first-order valence-electron chi connectivity index (χ1n) is 5.65. The number of hydroxylamine groups is 1. The van der Waals surface area contributed by atoms with Gasteiger partial charge in [0.05, 0.1) is 5.69 Å². The smallest absolute Gasteiger partial charge is 0.225 e. The van der Waals surface area contributed by atoms with Gasteiger partial charge in [-0.05, 0) is 31.2 Å². The number of aliphatic imine (C=N–C) groups is 1. The first-order valence-corrected chi connectivity index (χ1v) is 5.65. The first-order chi connectivity index (χ1) is 8.78. The third-order valence-electron chi connectivity index (χ3n) is 2.42. The largest absolute Gasteiger partial charge is 0.324 e. The van der Waals surface area contributed by atoms with Crippen LogP contribution in [0.2, 0.25) is 0 Å². The van der Waals surface area contributed by atoms with Gasteiger partial charge in [0, 0.05) is 5.69 Å². The second kappa shape index (κ2) is 5.84. The van der Waals surface area contributed by atoms with E-state index in [2.05, 4.69) is 15.8 Å². The number of hydrogen-bond donors (Lipinski definition) is 3. The van der Waals surface area contributed by atoms with Crippen molar-refractivity contribution in [2.45, 2.75) is 6.92 Å². The van der Waals surface area contributed by atoms with E-state index in [4.69, 9.17) is 5.21 Å². The summed E-state index contributed by atoms with van der Waals surface area (Å²) in [4.78, 5) is 4.26. The predicted octanol–water partition coefficient (Wildman–Crippen LogP) is 3.07. The Hall–Kier alpha value is -2.33. The number of aryl methyl sites for hydroxylation is 1. The summed E-state index contributed by atoms with van der Waals surface area (Å²) in [6.07, 6.45) is 0. The van der Waals surface area contributed by atoms with Gasteiger partial charge < -0.3 is 5.32 Å². The maximum atomic E-state index is 9.06. The number of nitrogens with one attached hydrogen (secondary N) is 2. The summed E-state index contributed by atoms with van der Waals surface area (Å²) in [6.45, 7) is 2.01. The molecule has 4 nitrogen and oxygen atoms in total. The lowest BCUT2D eigenvalue weighted by Gasteiger charge is -2.08. The van der Waals surface area contributed by atoms with Crippen LogP contribution in [0.1, 0.15) is 5.56 Å². The van der Waals surface area contributed by atoms with Crippen molar-refractivity contribution in [3.63, 3.8) is 0 Å². The SMILES string of the molecule is Cc1ccc(N=C(NO)Nc2ccccc2)cc1. The lowest BCUT2D eigenvalue weighted by molar-refractivity contribution is 0.234. The molecule has 0 heterocycles. The summed E-state index contributed by atoms with van der Waals surface area (Å²) in [5.41, 5.74) is 4.84. The quantitative estimate of drug-likeness (QED) is 0.430. The Balaban J connectivity index is 2.15. The van der Waals surface area contributed by atoms with Crippen LogP contribution in [0.3, 0.4) is 0 Å². The molecule has 0 fully saturated rings. The number of para-hydroxylation sites is 1. The van der Waals surface area contributed by atoms with E-state index < -0.39 is 0 Å². The van der Waals surface area contributed by atoms with Crippen molar-refractivity contribution in [2.24, 2.45) is 4.99 Å². The summed E-state index contributed by atoms with van der Waals surface area (Å²) in [5, 5.41) is 12.0. The lowest BCUT2D eigenvalue weighted by atomic mass is 10.2. The van der Waals surface area contributed by atoms with Gasteiger partial charge in [-0.3, -0.25) is 5.21 Å². The van der Waals surface area contributed by atoms with Gasteiger partial charge in [0.1, 0.15) is 0 Å². The first kappa shape index (κ1) is 12.1. The fourth-order valence-corrected chi connectivity index (χ4v) is 1.49. The van der Waals surface area contributed by atoms with E-state index in [-0.39, 0.29) is 5.96 Å². The zero-order valence-corrected chi connectivity index (χ0v) is 10.1. The highest BCUT2D eigenvalue weighted by Gasteiger charge is 1.98. The minimum absolute atomic E-state index is 0.282. The Morgan fingerprint density at radius 1 is 1.00 bits per heavy atom. The molecule has 0 saturated carbocycles. The summed E-state index contributed by atoms with van der Waals surface area (Å²) >= 11 is 0. The maximum Gasteiger partial charge on any atom is 0.225 e. The van der Waals surface area contributed by atoms with Crippen molar-refractivity contribution in [2.75, 3.05) is 5.32 Å². The minimum Gasteiger partial charge on any atom is -0.324 e. The highest BCUT2D eigenvalue weighted by molar-refractivity contribution is 5.94. The third-order valence-corrected chi connectivity index (χ3v) is 2.42. The molecule has 0 unspecified atom stereocenters. The Labute approximate surface area is 106 Å². The van der Waals surface area contributed by atoms with Crippen LogP contribution in [-0.2, 0) is 0 Å². The van der Waals surface area contributed by atoms with E-state index in [1.165, 1.54) is 5.56 Å². The number of benzene rings is 2. The number of rotatable bonds is 2. The summed E-state index contributed by atoms with van der Waals surface area (Å²) in [6, 6.07) is 17.2. The molecule has 0 aliphatic heterocycles. The predicted molar refractivity (Wildman–Crippen MR) is 73.3 cm³/mol. The van der Waals surface area contributed by atoms with Crippen molar-refractivity contribution in [3.05, 3.63) is 60.2 Å². The molecule has 0 bridgehead atoms.